The molecule has 0 aliphatic carbocycles. The van der Waals surface area contributed by atoms with Crippen LogP contribution in [-0.2, 0) is 6.54 Å². The maximum absolute atomic E-state index is 12.7. The second-order valence-corrected chi connectivity index (χ2v) is 6.72. The van der Waals surface area contributed by atoms with Crippen molar-refractivity contribution in [2.45, 2.75) is 20.4 Å². The van der Waals surface area contributed by atoms with E-state index >= 15 is 0 Å². The van der Waals surface area contributed by atoms with Gasteiger partial charge in [-0.05, 0) is 43.2 Å². The minimum atomic E-state index is -0.256. The van der Waals surface area contributed by atoms with Crippen LogP contribution in [0.1, 0.15) is 16.7 Å². The summed E-state index contributed by atoms with van der Waals surface area (Å²) < 4.78 is 6.32. The maximum atomic E-state index is 12.7. The lowest BCUT2D eigenvalue weighted by molar-refractivity contribution is 0.184. The van der Waals surface area contributed by atoms with Gasteiger partial charge in [-0.25, -0.2) is 4.79 Å². The second-order valence-electron chi connectivity index (χ2n) is 5.80. The van der Waals surface area contributed by atoms with Crippen molar-refractivity contribution in [3.63, 3.8) is 0 Å². The molecule has 6 heteroatoms. The van der Waals surface area contributed by atoms with Crippen LogP contribution in [0.15, 0.2) is 40.9 Å². The van der Waals surface area contributed by atoms with Crippen LogP contribution >= 0.6 is 15.9 Å². The molecule has 2 N–H and O–H groups in total. The molecule has 0 heterocycles. The summed E-state index contributed by atoms with van der Waals surface area (Å²) in [5.74, 6) is 0.717. The van der Waals surface area contributed by atoms with Crippen molar-refractivity contribution in [3.05, 3.63) is 57.6 Å². The van der Waals surface area contributed by atoms with Gasteiger partial charge >= 0.3 is 6.03 Å². The third kappa shape index (κ3) is 4.96. The van der Waals surface area contributed by atoms with Gasteiger partial charge in [-0.2, -0.15) is 0 Å². The molecule has 134 valence electrons. The fourth-order valence-corrected chi connectivity index (χ4v) is 3.39. The second kappa shape index (κ2) is 8.87. The zero-order valence-electron chi connectivity index (χ0n) is 14.7. The summed E-state index contributed by atoms with van der Waals surface area (Å²) in [6.45, 7) is 4.37. The van der Waals surface area contributed by atoms with E-state index in [4.69, 9.17) is 4.74 Å². The predicted molar refractivity (Wildman–Crippen MR) is 103 cm³/mol. The Morgan fingerprint density at radius 2 is 1.88 bits per heavy atom. The van der Waals surface area contributed by atoms with E-state index in [1.807, 2.05) is 50.2 Å². The third-order valence-corrected chi connectivity index (χ3v) is 4.40. The Balaban J connectivity index is 2.21. The molecule has 0 saturated heterocycles. The van der Waals surface area contributed by atoms with Crippen LogP contribution in [-0.4, -0.2) is 36.3 Å². The summed E-state index contributed by atoms with van der Waals surface area (Å²) in [6.07, 6.45) is 0. The number of hydrogen-bond donors (Lipinski definition) is 2. The number of aliphatic hydroxyl groups excluding tert-OH is 1. The first-order chi connectivity index (χ1) is 12.0. The summed E-state index contributed by atoms with van der Waals surface area (Å²) in [4.78, 5) is 14.3. The van der Waals surface area contributed by atoms with Crippen molar-refractivity contribution in [2.75, 3.05) is 25.6 Å². The van der Waals surface area contributed by atoms with Gasteiger partial charge in [0.25, 0.3) is 0 Å². The molecule has 0 atom stereocenters. The largest absolute Gasteiger partial charge is 0.496 e. The van der Waals surface area contributed by atoms with E-state index in [2.05, 4.69) is 21.2 Å². The number of aliphatic hydroxyl groups is 1. The SMILES string of the molecule is COc1ccccc1CN(CCO)C(=O)Nc1c(C)cc(Br)cc1C. The maximum Gasteiger partial charge on any atom is 0.322 e. The fourth-order valence-electron chi connectivity index (χ4n) is 2.71. The zero-order chi connectivity index (χ0) is 18.4. The van der Waals surface area contributed by atoms with E-state index in [-0.39, 0.29) is 19.2 Å². The summed E-state index contributed by atoms with van der Waals surface area (Å²) in [5.41, 5.74) is 3.62. The number of para-hydroxylation sites is 1. The van der Waals surface area contributed by atoms with Gasteiger partial charge in [0.05, 0.1) is 20.3 Å². The number of rotatable bonds is 6. The molecular formula is C19H23BrN2O3. The van der Waals surface area contributed by atoms with Gasteiger partial charge < -0.3 is 20.1 Å². The van der Waals surface area contributed by atoms with Crippen LogP contribution in [0.5, 0.6) is 5.75 Å². The number of hydrogen-bond acceptors (Lipinski definition) is 3. The van der Waals surface area contributed by atoms with E-state index < -0.39 is 0 Å². The van der Waals surface area contributed by atoms with Gasteiger partial charge in [0, 0.05) is 22.3 Å². The third-order valence-electron chi connectivity index (χ3n) is 3.94. The number of benzene rings is 2. The molecule has 5 nitrogen and oxygen atoms in total. The molecule has 0 unspecified atom stereocenters. The number of amides is 2. The Kier molecular flexibility index (Phi) is 6.84. The Bertz CT molecular complexity index is 726. The Labute approximate surface area is 156 Å². The molecule has 2 aromatic carbocycles. The van der Waals surface area contributed by atoms with Crippen LogP contribution in [0, 0.1) is 13.8 Å². The molecular weight excluding hydrogens is 384 g/mol. The average molecular weight is 407 g/mol. The van der Waals surface area contributed by atoms with Gasteiger partial charge in [-0.1, -0.05) is 34.1 Å². The number of methoxy groups -OCH3 is 1. The van der Waals surface area contributed by atoms with Crippen LogP contribution in [0.2, 0.25) is 0 Å². The lowest BCUT2D eigenvalue weighted by Crippen LogP contribution is -2.37. The van der Waals surface area contributed by atoms with Gasteiger partial charge in [-0.15, -0.1) is 0 Å². The summed E-state index contributed by atoms with van der Waals surface area (Å²) in [5, 5.41) is 12.3. The molecule has 25 heavy (non-hydrogen) atoms. The van der Waals surface area contributed by atoms with Gasteiger partial charge in [0.15, 0.2) is 0 Å². The molecule has 0 saturated carbocycles. The van der Waals surface area contributed by atoms with Crippen LogP contribution in [0.25, 0.3) is 0 Å². The van der Waals surface area contributed by atoms with Crippen LogP contribution in [0.4, 0.5) is 10.5 Å². The standard InChI is InChI=1S/C19H23BrN2O3/c1-13-10-16(20)11-14(2)18(13)21-19(24)22(8-9-23)12-15-6-4-5-7-17(15)25-3/h4-7,10-11,23H,8-9,12H2,1-3H3,(H,21,24). The molecule has 0 aliphatic rings. The van der Waals surface area contributed by atoms with Crippen molar-refractivity contribution in [1.82, 2.24) is 4.90 Å². The predicted octanol–water partition coefficient (Wildman–Crippen LogP) is 4.10. The number of nitrogens with one attached hydrogen (secondary N) is 1. The van der Waals surface area contributed by atoms with Gasteiger partial charge in [-0.3, -0.25) is 0 Å². The molecule has 2 rings (SSSR count). The van der Waals surface area contributed by atoms with E-state index in [0.29, 0.717) is 12.3 Å². The first kappa shape index (κ1) is 19.3. The minimum absolute atomic E-state index is 0.110. The van der Waals surface area contributed by atoms with E-state index in [0.717, 1.165) is 26.9 Å². The first-order valence-electron chi connectivity index (χ1n) is 8.01. The van der Waals surface area contributed by atoms with Crippen molar-refractivity contribution in [2.24, 2.45) is 0 Å². The molecule has 0 aliphatic heterocycles. The van der Waals surface area contributed by atoms with Crippen molar-refractivity contribution in [1.29, 1.82) is 0 Å². The number of urea groups is 1. The smallest absolute Gasteiger partial charge is 0.322 e. The molecule has 0 aromatic heterocycles. The molecule has 0 bridgehead atoms. The summed E-state index contributed by atoms with van der Waals surface area (Å²) in [6, 6.07) is 11.2. The Hall–Kier alpha value is -2.05. The highest BCUT2D eigenvalue weighted by Gasteiger charge is 2.17. The van der Waals surface area contributed by atoms with E-state index in [9.17, 15) is 9.90 Å². The lowest BCUT2D eigenvalue weighted by atomic mass is 10.1. The monoisotopic (exact) mass is 406 g/mol. The van der Waals surface area contributed by atoms with Crippen molar-refractivity contribution < 1.29 is 14.6 Å². The quantitative estimate of drug-likeness (QED) is 0.758. The number of carbonyl (C=O) groups excluding carboxylic acids is 1. The topological polar surface area (TPSA) is 61.8 Å². The van der Waals surface area contributed by atoms with Gasteiger partial charge in [0.2, 0.25) is 0 Å². The van der Waals surface area contributed by atoms with Crippen molar-refractivity contribution in [3.8, 4) is 5.75 Å². The van der Waals surface area contributed by atoms with E-state index in [1.54, 1.807) is 12.0 Å². The number of ether oxygens (including phenoxy) is 1. The minimum Gasteiger partial charge on any atom is -0.496 e. The molecule has 2 aromatic rings. The highest BCUT2D eigenvalue weighted by molar-refractivity contribution is 9.10. The number of anilines is 1. The summed E-state index contributed by atoms with van der Waals surface area (Å²) in [7, 11) is 1.60. The first-order valence-corrected chi connectivity index (χ1v) is 8.81. The normalized spacial score (nSPS) is 10.4. The zero-order valence-corrected chi connectivity index (χ0v) is 16.3. The number of carbonyl (C=O) groups is 1. The molecule has 0 spiro atoms. The molecule has 0 fully saturated rings. The lowest BCUT2D eigenvalue weighted by Gasteiger charge is -2.24. The Morgan fingerprint density at radius 3 is 2.48 bits per heavy atom. The van der Waals surface area contributed by atoms with Crippen LogP contribution in [0.3, 0.4) is 0 Å². The average Bonchev–Trinajstić information content (AvgIpc) is 2.58. The van der Waals surface area contributed by atoms with Crippen LogP contribution < -0.4 is 10.1 Å². The Morgan fingerprint density at radius 1 is 1.24 bits per heavy atom. The number of nitrogens with zero attached hydrogens (tertiary/aromatic N) is 1. The molecule has 0 radical (unpaired) electrons. The fraction of sp³-hybridized carbons (Fsp3) is 0.316. The van der Waals surface area contributed by atoms with Crippen molar-refractivity contribution >= 4 is 27.6 Å². The molecule has 2 amide bonds. The number of halogens is 1. The highest BCUT2D eigenvalue weighted by atomic mass is 79.9. The van der Waals surface area contributed by atoms with Gasteiger partial charge in [0.1, 0.15) is 5.75 Å². The summed E-state index contributed by atoms with van der Waals surface area (Å²) >= 11 is 3.46. The number of aryl methyl sites for hydroxylation is 2. The highest BCUT2D eigenvalue weighted by Crippen LogP contribution is 2.26. The van der Waals surface area contributed by atoms with E-state index in [1.165, 1.54) is 0 Å².